The van der Waals surface area contributed by atoms with Gasteiger partial charge in [-0.25, -0.2) is 0 Å². The zero-order valence-electron chi connectivity index (χ0n) is 19.7. The minimum absolute atomic E-state index is 0.147. The van der Waals surface area contributed by atoms with Gasteiger partial charge in [0, 0.05) is 25.2 Å². The van der Waals surface area contributed by atoms with Gasteiger partial charge in [-0.15, -0.1) is 0 Å². The molecule has 3 rings (SSSR count). The second-order valence-electron chi connectivity index (χ2n) is 9.49. The number of aliphatic imine (C=N–C) groups is 1. The summed E-state index contributed by atoms with van der Waals surface area (Å²) in [6.07, 6.45) is 10.7. The Morgan fingerprint density at radius 1 is 1.20 bits per heavy atom. The van der Waals surface area contributed by atoms with E-state index in [0.717, 1.165) is 19.4 Å². The molecule has 0 radical (unpaired) electrons. The maximum atomic E-state index is 4.75. The van der Waals surface area contributed by atoms with E-state index >= 15 is 0 Å². The summed E-state index contributed by atoms with van der Waals surface area (Å²) >= 11 is 0. The van der Waals surface area contributed by atoms with Crippen LogP contribution in [0.15, 0.2) is 59.1 Å². The molecule has 0 amide bonds. The summed E-state index contributed by atoms with van der Waals surface area (Å²) in [5, 5.41) is 0. The summed E-state index contributed by atoms with van der Waals surface area (Å²) in [5.41, 5.74) is 8.20. The summed E-state index contributed by atoms with van der Waals surface area (Å²) in [4.78, 5) is 7.20. The van der Waals surface area contributed by atoms with Crippen molar-refractivity contribution in [2.24, 2.45) is 10.9 Å². The Hall–Kier alpha value is -1.93. The summed E-state index contributed by atoms with van der Waals surface area (Å²) in [6.45, 7) is 19.1. The number of aryl methyl sites for hydroxylation is 2. The van der Waals surface area contributed by atoms with Crippen LogP contribution in [0.25, 0.3) is 0 Å². The minimum Gasteiger partial charge on any atom is -0.300 e. The molecule has 2 heteroatoms. The Labute approximate surface area is 184 Å². The number of likely N-dealkylation sites (tertiary alicyclic amines) is 1. The van der Waals surface area contributed by atoms with Crippen molar-refractivity contribution in [2.75, 3.05) is 13.6 Å². The van der Waals surface area contributed by atoms with E-state index in [1.165, 1.54) is 47.1 Å². The Morgan fingerprint density at radius 3 is 2.40 bits per heavy atom. The number of nitrogens with zero attached hydrogens (tertiary/aromatic N) is 2. The molecule has 0 aromatic heterocycles. The van der Waals surface area contributed by atoms with Crippen LogP contribution in [0.2, 0.25) is 0 Å². The maximum Gasteiger partial charge on any atom is 0.0530 e. The second kappa shape index (κ2) is 9.92. The van der Waals surface area contributed by atoms with Crippen molar-refractivity contribution in [3.63, 3.8) is 0 Å². The van der Waals surface area contributed by atoms with E-state index in [4.69, 9.17) is 6.58 Å². The molecule has 1 aliphatic heterocycles. The van der Waals surface area contributed by atoms with Crippen molar-refractivity contribution in [3.8, 4) is 0 Å². The third-order valence-corrected chi connectivity index (χ3v) is 7.33. The van der Waals surface area contributed by atoms with Gasteiger partial charge in [-0.05, 0) is 94.5 Å². The van der Waals surface area contributed by atoms with Crippen LogP contribution in [-0.2, 0) is 0 Å². The van der Waals surface area contributed by atoms with E-state index in [2.05, 4.69) is 74.7 Å². The smallest absolute Gasteiger partial charge is 0.0530 e. The van der Waals surface area contributed by atoms with Crippen LogP contribution in [-0.4, -0.2) is 36.8 Å². The molecule has 1 fully saturated rings. The quantitative estimate of drug-likeness (QED) is 0.360. The van der Waals surface area contributed by atoms with Gasteiger partial charge in [-0.2, -0.15) is 0 Å². The molecule has 1 aliphatic carbocycles. The average Bonchev–Trinajstić information content (AvgIpc) is 3.13. The van der Waals surface area contributed by atoms with Gasteiger partial charge in [0.1, 0.15) is 0 Å². The fraction of sp³-hybridized carbons (Fsp3) is 0.536. The summed E-state index contributed by atoms with van der Waals surface area (Å²) in [7, 11) is 1.89. The summed E-state index contributed by atoms with van der Waals surface area (Å²) in [5.74, 6) is 0.777. The topological polar surface area (TPSA) is 15.6 Å². The molecule has 0 N–H and O–H groups in total. The lowest BCUT2D eigenvalue weighted by Gasteiger charge is -2.39. The zero-order valence-corrected chi connectivity index (χ0v) is 19.7. The molecule has 2 aliphatic rings. The lowest BCUT2D eigenvalue weighted by Crippen LogP contribution is -2.42. The number of allylic oxidation sites excluding steroid dienone is 2. The molecule has 1 aromatic carbocycles. The highest BCUT2D eigenvalue weighted by Gasteiger charge is 2.36. The van der Waals surface area contributed by atoms with Crippen molar-refractivity contribution < 1.29 is 0 Å². The van der Waals surface area contributed by atoms with Crippen LogP contribution in [0.1, 0.15) is 68.6 Å². The Kier molecular flexibility index (Phi) is 7.52. The van der Waals surface area contributed by atoms with Crippen LogP contribution in [0.5, 0.6) is 0 Å². The standard InChI is InChI=1S/C28H40N2/c1-19(2)24-13-15-25(16-14-24)28(30-17-9-12-22(30)5)23(6)26(18-29-7)27-20(3)10-8-11-21(27)4/h8,10-11,15,18,22,24,26,28H,1,6,9,12-14,16-17H2,2-5,7H3. The largest absolute Gasteiger partial charge is 0.300 e. The molecule has 1 heterocycles. The van der Waals surface area contributed by atoms with Gasteiger partial charge in [-0.3, -0.25) is 9.89 Å². The van der Waals surface area contributed by atoms with E-state index in [-0.39, 0.29) is 5.92 Å². The zero-order chi connectivity index (χ0) is 21.8. The Morgan fingerprint density at radius 2 is 1.90 bits per heavy atom. The predicted molar refractivity (Wildman–Crippen MR) is 132 cm³/mol. The van der Waals surface area contributed by atoms with Crippen LogP contribution >= 0.6 is 0 Å². The first-order valence-electron chi connectivity index (χ1n) is 11.6. The van der Waals surface area contributed by atoms with Crippen LogP contribution in [0.3, 0.4) is 0 Å². The van der Waals surface area contributed by atoms with Crippen molar-refractivity contribution in [3.05, 3.63) is 70.8 Å². The van der Waals surface area contributed by atoms with Gasteiger partial charge >= 0.3 is 0 Å². The third-order valence-electron chi connectivity index (χ3n) is 7.33. The summed E-state index contributed by atoms with van der Waals surface area (Å²) in [6, 6.07) is 7.49. The van der Waals surface area contributed by atoms with Gasteiger partial charge in [0.15, 0.2) is 0 Å². The van der Waals surface area contributed by atoms with E-state index in [1.807, 2.05) is 7.05 Å². The van der Waals surface area contributed by atoms with Crippen molar-refractivity contribution in [1.82, 2.24) is 4.90 Å². The molecule has 2 nitrogen and oxygen atoms in total. The van der Waals surface area contributed by atoms with E-state index < -0.39 is 0 Å². The fourth-order valence-electron chi connectivity index (χ4n) is 5.55. The first-order valence-corrected chi connectivity index (χ1v) is 11.6. The molecule has 4 atom stereocenters. The van der Waals surface area contributed by atoms with Gasteiger partial charge in [0.05, 0.1) is 6.04 Å². The van der Waals surface area contributed by atoms with Crippen LogP contribution < -0.4 is 0 Å². The van der Waals surface area contributed by atoms with E-state index in [0.29, 0.717) is 18.0 Å². The second-order valence-corrected chi connectivity index (χ2v) is 9.49. The van der Waals surface area contributed by atoms with Gasteiger partial charge in [0.25, 0.3) is 0 Å². The molecular formula is C28H40N2. The fourth-order valence-corrected chi connectivity index (χ4v) is 5.55. The highest BCUT2D eigenvalue weighted by atomic mass is 15.2. The molecule has 30 heavy (non-hydrogen) atoms. The molecule has 0 spiro atoms. The number of benzene rings is 1. The average molecular weight is 405 g/mol. The molecular weight excluding hydrogens is 364 g/mol. The number of hydrogen-bond acceptors (Lipinski definition) is 2. The van der Waals surface area contributed by atoms with Crippen molar-refractivity contribution in [2.45, 2.75) is 77.8 Å². The maximum absolute atomic E-state index is 4.75. The molecule has 162 valence electrons. The minimum atomic E-state index is 0.147. The van der Waals surface area contributed by atoms with E-state index in [1.54, 1.807) is 5.57 Å². The lowest BCUT2D eigenvalue weighted by atomic mass is 9.77. The molecule has 0 bridgehead atoms. The van der Waals surface area contributed by atoms with Gasteiger partial charge < -0.3 is 0 Å². The van der Waals surface area contributed by atoms with Crippen LogP contribution in [0, 0.1) is 19.8 Å². The summed E-state index contributed by atoms with van der Waals surface area (Å²) < 4.78 is 0. The van der Waals surface area contributed by atoms with Gasteiger partial charge in [0.2, 0.25) is 0 Å². The number of rotatable bonds is 7. The molecule has 4 unspecified atom stereocenters. The predicted octanol–water partition coefficient (Wildman–Crippen LogP) is 6.80. The monoisotopic (exact) mass is 404 g/mol. The first kappa shape index (κ1) is 22.7. The van der Waals surface area contributed by atoms with Gasteiger partial charge in [-0.1, -0.05) is 48.6 Å². The Balaban J connectivity index is 2.01. The highest BCUT2D eigenvalue weighted by Crippen LogP contribution is 2.40. The lowest BCUT2D eigenvalue weighted by molar-refractivity contribution is 0.228. The molecule has 1 aromatic rings. The van der Waals surface area contributed by atoms with Crippen molar-refractivity contribution in [1.29, 1.82) is 0 Å². The highest BCUT2D eigenvalue weighted by molar-refractivity contribution is 5.75. The normalized spacial score (nSPS) is 24.6. The SMILES string of the molecule is C=C(C)C1CC=C(C(C(=C)C(C=NC)c2c(C)cccc2C)N2CCCC2C)CC1. The third kappa shape index (κ3) is 4.70. The van der Waals surface area contributed by atoms with E-state index in [9.17, 15) is 0 Å². The first-order chi connectivity index (χ1) is 14.3. The van der Waals surface area contributed by atoms with Crippen molar-refractivity contribution >= 4 is 6.21 Å². The molecule has 1 saturated heterocycles. The number of hydrogen-bond donors (Lipinski definition) is 0. The molecule has 0 saturated carbocycles. The Bertz CT molecular complexity index is 824. The van der Waals surface area contributed by atoms with Crippen LogP contribution in [0.4, 0.5) is 0 Å².